The Morgan fingerprint density at radius 2 is 1.94 bits per heavy atom. The van der Waals surface area contributed by atoms with E-state index in [0.29, 0.717) is 0 Å². The molecule has 96 valence electrons. The van der Waals surface area contributed by atoms with E-state index >= 15 is 0 Å². The lowest BCUT2D eigenvalue weighted by atomic mass is 10.1. The smallest absolute Gasteiger partial charge is 0.399 e. The Hall–Kier alpha value is -1.04. The summed E-state index contributed by atoms with van der Waals surface area (Å²) in [4.78, 5) is 0. The van der Waals surface area contributed by atoms with Gasteiger partial charge in [-0.15, -0.1) is 0 Å². The van der Waals surface area contributed by atoms with Crippen LogP contribution in [0.15, 0.2) is 18.2 Å². The zero-order valence-corrected chi connectivity index (χ0v) is 10.4. The third kappa shape index (κ3) is 3.73. The molecule has 2 nitrogen and oxygen atoms in total. The minimum absolute atomic E-state index is 0.0266. The van der Waals surface area contributed by atoms with Crippen molar-refractivity contribution in [2.75, 3.05) is 5.73 Å². The summed E-state index contributed by atoms with van der Waals surface area (Å²) in [5.41, 5.74) is 4.62. The third-order valence-corrected chi connectivity index (χ3v) is 3.91. The van der Waals surface area contributed by atoms with Gasteiger partial charge in [-0.1, -0.05) is 19.9 Å². The lowest BCUT2D eigenvalue weighted by Gasteiger charge is -2.14. The van der Waals surface area contributed by atoms with Crippen molar-refractivity contribution in [2.24, 2.45) is 0 Å². The average molecular weight is 265 g/mol. The van der Waals surface area contributed by atoms with Gasteiger partial charge in [0.25, 0.3) is 0 Å². The van der Waals surface area contributed by atoms with Gasteiger partial charge in [-0.3, -0.25) is 4.21 Å². The highest BCUT2D eigenvalue weighted by molar-refractivity contribution is 7.84. The van der Waals surface area contributed by atoms with Gasteiger partial charge < -0.3 is 5.73 Å². The monoisotopic (exact) mass is 265 g/mol. The fourth-order valence-electron chi connectivity index (χ4n) is 1.30. The van der Waals surface area contributed by atoms with Crippen molar-refractivity contribution in [1.82, 2.24) is 0 Å². The largest absolute Gasteiger partial charge is 0.416 e. The van der Waals surface area contributed by atoms with Crippen LogP contribution in [0.1, 0.15) is 25.0 Å². The van der Waals surface area contributed by atoms with Crippen LogP contribution in [0.2, 0.25) is 0 Å². The standard InChI is InChI=1S/C11H14F3NOS/c1-7(2)17(16)6-8-3-4-9(15)5-10(8)11(12,13)14/h3-5,7H,6,15H2,1-2H3. The first-order valence-corrected chi connectivity index (χ1v) is 6.43. The highest BCUT2D eigenvalue weighted by atomic mass is 32.2. The number of alkyl halides is 3. The molecule has 0 spiro atoms. The molecule has 0 amide bonds. The van der Waals surface area contributed by atoms with Gasteiger partial charge in [0.15, 0.2) is 0 Å². The van der Waals surface area contributed by atoms with Gasteiger partial charge >= 0.3 is 6.18 Å². The van der Waals surface area contributed by atoms with E-state index in [1.807, 2.05) is 0 Å². The second-order valence-electron chi connectivity index (χ2n) is 3.99. The van der Waals surface area contributed by atoms with Crippen molar-refractivity contribution >= 4 is 16.5 Å². The van der Waals surface area contributed by atoms with Crippen LogP contribution in [-0.4, -0.2) is 9.46 Å². The van der Waals surface area contributed by atoms with E-state index in [9.17, 15) is 17.4 Å². The number of hydrogen-bond donors (Lipinski definition) is 1. The number of hydrogen-bond acceptors (Lipinski definition) is 2. The lowest BCUT2D eigenvalue weighted by Crippen LogP contribution is -2.14. The molecule has 0 radical (unpaired) electrons. The lowest BCUT2D eigenvalue weighted by molar-refractivity contribution is -0.138. The van der Waals surface area contributed by atoms with E-state index < -0.39 is 22.5 Å². The zero-order valence-electron chi connectivity index (χ0n) is 9.54. The quantitative estimate of drug-likeness (QED) is 0.854. The molecule has 1 unspecified atom stereocenters. The maximum Gasteiger partial charge on any atom is 0.416 e. The van der Waals surface area contributed by atoms with Crippen molar-refractivity contribution in [3.63, 3.8) is 0 Å². The van der Waals surface area contributed by atoms with Crippen molar-refractivity contribution in [3.8, 4) is 0 Å². The number of benzene rings is 1. The first-order chi connectivity index (χ1) is 7.71. The van der Waals surface area contributed by atoms with Crippen LogP contribution >= 0.6 is 0 Å². The normalized spacial score (nSPS) is 14.0. The highest BCUT2D eigenvalue weighted by Crippen LogP contribution is 2.34. The topological polar surface area (TPSA) is 43.1 Å². The van der Waals surface area contributed by atoms with Gasteiger partial charge in [0.05, 0.1) is 5.56 Å². The fourth-order valence-corrected chi connectivity index (χ4v) is 2.20. The maximum atomic E-state index is 12.7. The number of anilines is 1. The van der Waals surface area contributed by atoms with Crippen LogP contribution in [0.25, 0.3) is 0 Å². The molecule has 0 aromatic heterocycles. The Labute approximate surface area is 100 Å². The Kier molecular flexibility index (Phi) is 4.19. The number of nitrogens with two attached hydrogens (primary N) is 1. The Morgan fingerprint density at radius 3 is 2.41 bits per heavy atom. The van der Waals surface area contributed by atoms with Gasteiger partial charge in [-0.05, 0) is 17.7 Å². The molecule has 0 saturated heterocycles. The van der Waals surface area contributed by atoms with Crippen LogP contribution in [0.3, 0.4) is 0 Å². The van der Waals surface area contributed by atoms with E-state index in [1.54, 1.807) is 13.8 Å². The molecule has 1 rings (SSSR count). The molecule has 0 aliphatic rings. The van der Waals surface area contributed by atoms with Crippen LogP contribution in [0, 0.1) is 0 Å². The molecule has 0 aliphatic heterocycles. The first kappa shape index (κ1) is 14.0. The summed E-state index contributed by atoms with van der Waals surface area (Å²) in [5.74, 6) is -0.104. The molecule has 1 aromatic rings. The second-order valence-corrected chi connectivity index (χ2v) is 5.98. The molecule has 0 saturated carbocycles. The van der Waals surface area contributed by atoms with Crippen LogP contribution in [-0.2, 0) is 22.7 Å². The SMILES string of the molecule is CC(C)S(=O)Cc1ccc(N)cc1C(F)(F)F. The summed E-state index contributed by atoms with van der Waals surface area (Å²) in [6, 6.07) is 3.56. The van der Waals surface area contributed by atoms with Gasteiger partial charge in [0.1, 0.15) is 0 Å². The van der Waals surface area contributed by atoms with Gasteiger partial charge in [-0.25, -0.2) is 0 Å². The van der Waals surface area contributed by atoms with Gasteiger partial charge in [0.2, 0.25) is 0 Å². The Bertz CT molecular complexity index is 429. The van der Waals surface area contributed by atoms with E-state index in [1.165, 1.54) is 12.1 Å². The Balaban J connectivity index is 3.12. The molecule has 0 fully saturated rings. The summed E-state index contributed by atoms with van der Waals surface area (Å²) in [6.45, 7) is 3.42. The summed E-state index contributed by atoms with van der Waals surface area (Å²) in [5, 5.41) is -0.173. The zero-order chi connectivity index (χ0) is 13.2. The van der Waals surface area contributed by atoms with E-state index in [-0.39, 0.29) is 22.3 Å². The highest BCUT2D eigenvalue weighted by Gasteiger charge is 2.33. The summed E-state index contributed by atoms with van der Waals surface area (Å²) >= 11 is 0. The van der Waals surface area contributed by atoms with Crippen LogP contribution in [0.4, 0.5) is 18.9 Å². The molecule has 1 atom stereocenters. The fraction of sp³-hybridized carbons (Fsp3) is 0.455. The van der Waals surface area contributed by atoms with E-state index in [2.05, 4.69) is 0 Å². The maximum absolute atomic E-state index is 12.7. The predicted octanol–water partition coefficient (Wildman–Crippen LogP) is 2.94. The number of halogens is 3. The molecule has 0 heterocycles. The van der Waals surface area contributed by atoms with E-state index in [0.717, 1.165) is 6.07 Å². The van der Waals surface area contributed by atoms with Crippen LogP contribution in [0.5, 0.6) is 0 Å². The minimum Gasteiger partial charge on any atom is -0.399 e. The first-order valence-electron chi connectivity index (χ1n) is 5.04. The molecule has 1 aromatic carbocycles. The van der Waals surface area contributed by atoms with Gasteiger partial charge in [-0.2, -0.15) is 13.2 Å². The Morgan fingerprint density at radius 1 is 1.35 bits per heavy atom. The molecular weight excluding hydrogens is 251 g/mol. The van der Waals surface area contributed by atoms with Crippen molar-refractivity contribution < 1.29 is 17.4 Å². The average Bonchev–Trinajstić information content (AvgIpc) is 2.18. The predicted molar refractivity (Wildman–Crippen MR) is 62.8 cm³/mol. The third-order valence-electron chi connectivity index (χ3n) is 2.26. The molecule has 6 heteroatoms. The molecular formula is C11H14F3NOS. The molecule has 0 bridgehead atoms. The number of rotatable bonds is 3. The second kappa shape index (κ2) is 5.08. The van der Waals surface area contributed by atoms with Crippen LogP contribution < -0.4 is 5.73 Å². The van der Waals surface area contributed by atoms with Crippen molar-refractivity contribution in [1.29, 1.82) is 0 Å². The molecule has 0 aliphatic carbocycles. The summed E-state index contributed by atoms with van der Waals surface area (Å²) in [7, 11) is -1.32. The molecule has 17 heavy (non-hydrogen) atoms. The van der Waals surface area contributed by atoms with E-state index in [4.69, 9.17) is 5.73 Å². The summed E-state index contributed by atoms with van der Waals surface area (Å²) < 4.78 is 49.8. The van der Waals surface area contributed by atoms with Gasteiger partial charge in [0, 0.05) is 27.5 Å². The summed E-state index contributed by atoms with van der Waals surface area (Å²) in [6.07, 6.45) is -4.47. The minimum atomic E-state index is -4.47. The molecule has 2 N–H and O–H groups in total. The van der Waals surface area contributed by atoms with Crippen molar-refractivity contribution in [2.45, 2.75) is 31.0 Å². The number of nitrogen functional groups attached to an aromatic ring is 1. The van der Waals surface area contributed by atoms with Crippen molar-refractivity contribution in [3.05, 3.63) is 29.3 Å².